The molecule has 1 fully saturated rings. The molecule has 3 heterocycles. The number of nitrogens with one attached hydrogen (secondary N) is 2. The van der Waals surface area contributed by atoms with Crippen LogP contribution in [0.4, 0.5) is 10.2 Å². The van der Waals surface area contributed by atoms with Crippen LogP contribution in [0.5, 0.6) is 5.88 Å². The summed E-state index contributed by atoms with van der Waals surface area (Å²) in [6.07, 6.45) is 5.95. The molecule has 11 heteroatoms. The minimum Gasteiger partial charge on any atom is -0.476 e. The second-order valence-corrected chi connectivity index (χ2v) is 7.86. The Morgan fingerprint density at radius 3 is 2.74 bits per heavy atom. The zero-order valence-corrected chi connectivity index (χ0v) is 18.5. The quantitative estimate of drug-likeness (QED) is 0.478. The number of carbonyl (C=O) groups excluding carboxylic acids is 1. The highest BCUT2D eigenvalue weighted by molar-refractivity contribution is 5.93. The second kappa shape index (κ2) is 10.7. The van der Waals surface area contributed by atoms with Crippen LogP contribution in [0.1, 0.15) is 35.2 Å². The zero-order valence-electron chi connectivity index (χ0n) is 18.5. The average Bonchev–Trinajstić information content (AvgIpc) is 2.86. The number of anilines is 1. The molecule has 1 aliphatic heterocycles. The van der Waals surface area contributed by atoms with Gasteiger partial charge < -0.3 is 19.9 Å². The number of carbonyl (C=O) groups is 1. The topological polar surface area (TPSA) is 122 Å². The lowest BCUT2D eigenvalue weighted by atomic mass is 10.1. The lowest BCUT2D eigenvalue weighted by molar-refractivity contribution is 0.0944. The van der Waals surface area contributed by atoms with Crippen molar-refractivity contribution < 1.29 is 13.9 Å². The van der Waals surface area contributed by atoms with E-state index in [4.69, 9.17) is 4.74 Å². The number of piperidine rings is 1. The third-order valence-corrected chi connectivity index (χ3v) is 5.54. The molecule has 178 valence electrons. The van der Waals surface area contributed by atoms with Gasteiger partial charge in [0.15, 0.2) is 0 Å². The monoisotopic (exact) mass is 468 g/mol. The summed E-state index contributed by atoms with van der Waals surface area (Å²) in [6, 6.07) is 7.57. The van der Waals surface area contributed by atoms with Crippen molar-refractivity contribution in [2.75, 3.05) is 31.1 Å². The number of aromatic amines is 1. The first-order valence-corrected chi connectivity index (χ1v) is 11.1. The Morgan fingerprint density at radius 2 is 1.94 bits per heavy atom. The Hall–Kier alpha value is -4.02. The fourth-order valence-electron chi connectivity index (χ4n) is 3.73. The van der Waals surface area contributed by atoms with Gasteiger partial charge >= 0.3 is 5.69 Å². The third-order valence-electron chi connectivity index (χ3n) is 5.54. The molecule has 0 spiro atoms. The van der Waals surface area contributed by atoms with Gasteiger partial charge in [-0.15, -0.1) is 0 Å². The molecule has 0 atom stereocenters. The van der Waals surface area contributed by atoms with E-state index in [9.17, 15) is 18.8 Å². The molecule has 3 aromatic rings. The Bertz CT molecular complexity index is 1270. The molecule has 1 aliphatic rings. The zero-order chi connectivity index (χ0) is 23.9. The summed E-state index contributed by atoms with van der Waals surface area (Å²) in [7, 11) is 0. The molecular weight excluding hydrogens is 443 g/mol. The fourth-order valence-corrected chi connectivity index (χ4v) is 3.73. The largest absolute Gasteiger partial charge is 0.476 e. The molecule has 10 nitrogen and oxygen atoms in total. The van der Waals surface area contributed by atoms with E-state index in [-0.39, 0.29) is 30.8 Å². The fraction of sp³-hybridized carbons (Fsp3) is 0.348. The van der Waals surface area contributed by atoms with E-state index in [0.29, 0.717) is 5.88 Å². The molecule has 0 radical (unpaired) electrons. The number of nitrogens with zero attached hydrogens (tertiary/aromatic N) is 4. The maximum absolute atomic E-state index is 13.9. The number of aromatic nitrogens is 4. The average molecular weight is 468 g/mol. The van der Waals surface area contributed by atoms with E-state index in [2.05, 4.69) is 25.2 Å². The van der Waals surface area contributed by atoms with Crippen LogP contribution < -0.4 is 26.2 Å². The summed E-state index contributed by atoms with van der Waals surface area (Å²) in [4.78, 5) is 50.2. The van der Waals surface area contributed by atoms with Gasteiger partial charge in [-0.1, -0.05) is 18.2 Å². The minimum absolute atomic E-state index is 0.105. The van der Waals surface area contributed by atoms with Crippen LogP contribution in [0.15, 0.2) is 52.4 Å². The number of amides is 1. The summed E-state index contributed by atoms with van der Waals surface area (Å²) in [5.74, 6) is -0.0312. The van der Waals surface area contributed by atoms with Crippen LogP contribution in [-0.4, -0.2) is 51.7 Å². The standard InChI is InChI=1S/C23H25FN6O4/c24-18-7-3-2-6-16(18)14-30-22(32)17(13-26-23(30)33)21(31)25-8-11-34-20-12-19(27-15-28-20)29-9-4-1-5-10-29/h2-3,6-7,12-13,15H,1,4-5,8-11,14H2,(H,25,31)(H,26,33). The molecule has 1 amide bonds. The number of hydrogen-bond acceptors (Lipinski definition) is 7. The smallest absolute Gasteiger partial charge is 0.328 e. The number of hydrogen-bond donors (Lipinski definition) is 2. The van der Waals surface area contributed by atoms with E-state index in [1.165, 1.54) is 30.9 Å². The highest BCUT2D eigenvalue weighted by Gasteiger charge is 2.16. The summed E-state index contributed by atoms with van der Waals surface area (Å²) in [5.41, 5.74) is -1.64. The van der Waals surface area contributed by atoms with Crippen LogP contribution in [0.25, 0.3) is 0 Å². The van der Waals surface area contributed by atoms with E-state index in [1.54, 1.807) is 12.1 Å². The molecule has 4 rings (SSSR count). The minimum atomic E-state index is -0.813. The summed E-state index contributed by atoms with van der Waals surface area (Å²) in [6.45, 7) is 1.82. The van der Waals surface area contributed by atoms with E-state index >= 15 is 0 Å². The number of ether oxygens (including phenoxy) is 1. The van der Waals surface area contributed by atoms with Crippen molar-refractivity contribution in [3.8, 4) is 5.88 Å². The summed E-state index contributed by atoms with van der Waals surface area (Å²) >= 11 is 0. The SMILES string of the molecule is O=C(NCCOc1cc(N2CCCCC2)ncn1)c1c[nH]c(=O)n(Cc2ccccc2F)c1=O. The van der Waals surface area contributed by atoms with Gasteiger partial charge in [0.05, 0.1) is 13.1 Å². The van der Waals surface area contributed by atoms with Crippen molar-refractivity contribution in [3.63, 3.8) is 0 Å². The first-order chi connectivity index (χ1) is 16.5. The second-order valence-electron chi connectivity index (χ2n) is 7.86. The first-order valence-electron chi connectivity index (χ1n) is 11.1. The lowest BCUT2D eigenvalue weighted by Gasteiger charge is -2.27. The van der Waals surface area contributed by atoms with Crippen molar-refractivity contribution in [1.82, 2.24) is 24.8 Å². The molecule has 2 aromatic heterocycles. The van der Waals surface area contributed by atoms with Crippen LogP contribution in [0.3, 0.4) is 0 Å². The van der Waals surface area contributed by atoms with E-state index in [0.717, 1.165) is 42.5 Å². The molecule has 0 bridgehead atoms. The van der Waals surface area contributed by atoms with Gasteiger partial charge in [0.1, 0.15) is 30.1 Å². The predicted octanol–water partition coefficient (Wildman–Crippen LogP) is 1.31. The van der Waals surface area contributed by atoms with Crippen molar-refractivity contribution in [1.29, 1.82) is 0 Å². The molecule has 0 saturated carbocycles. The van der Waals surface area contributed by atoms with Gasteiger partial charge in [-0.05, 0) is 25.3 Å². The molecule has 0 aliphatic carbocycles. The Labute approximate surface area is 194 Å². The molecule has 1 saturated heterocycles. The lowest BCUT2D eigenvalue weighted by Crippen LogP contribution is -2.41. The first kappa shape index (κ1) is 23.1. The highest BCUT2D eigenvalue weighted by Crippen LogP contribution is 2.19. The summed E-state index contributed by atoms with van der Waals surface area (Å²) < 4.78 is 20.3. The van der Waals surface area contributed by atoms with Gasteiger partial charge in [-0.25, -0.2) is 19.2 Å². The Morgan fingerprint density at radius 1 is 1.15 bits per heavy atom. The van der Waals surface area contributed by atoms with Crippen molar-refractivity contribution in [2.24, 2.45) is 0 Å². The van der Waals surface area contributed by atoms with Crippen molar-refractivity contribution >= 4 is 11.7 Å². The van der Waals surface area contributed by atoms with Crippen molar-refractivity contribution in [2.45, 2.75) is 25.8 Å². The number of benzene rings is 1. The maximum atomic E-state index is 13.9. The van der Waals surface area contributed by atoms with Gasteiger partial charge in [0, 0.05) is 30.9 Å². The maximum Gasteiger partial charge on any atom is 0.328 e. The third kappa shape index (κ3) is 5.48. The Balaban J connectivity index is 1.35. The van der Waals surface area contributed by atoms with Crippen LogP contribution >= 0.6 is 0 Å². The van der Waals surface area contributed by atoms with Crippen LogP contribution in [0, 0.1) is 5.82 Å². The van der Waals surface area contributed by atoms with Crippen LogP contribution in [0.2, 0.25) is 0 Å². The Kier molecular flexibility index (Phi) is 7.31. The van der Waals surface area contributed by atoms with Gasteiger partial charge in [-0.3, -0.25) is 14.2 Å². The van der Waals surface area contributed by atoms with Gasteiger partial charge in [0.2, 0.25) is 5.88 Å². The molecule has 1 aromatic carbocycles. The number of rotatable bonds is 8. The molecular formula is C23H25FN6O4. The highest BCUT2D eigenvalue weighted by atomic mass is 19.1. The number of halogens is 1. The number of H-pyrrole nitrogens is 1. The molecule has 2 N–H and O–H groups in total. The van der Waals surface area contributed by atoms with Crippen LogP contribution in [-0.2, 0) is 6.54 Å². The normalized spacial score (nSPS) is 13.5. The molecule has 34 heavy (non-hydrogen) atoms. The van der Waals surface area contributed by atoms with Gasteiger partial charge in [-0.2, -0.15) is 0 Å². The van der Waals surface area contributed by atoms with Crippen molar-refractivity contribution in [3.05, 3.63) is 80.6 Å². The predicted molar refractivity (Wildman–Crippen MR) is 123 cm³/mol. The van der Waals surface area contributed by atoms with E-state index < -0.39 is 23.0 Å². The summed E-state index contributed by atoms with van der Waals surface area (Å²) in [5, 5.41) is 2.58. The molecule has 0 unspecified atom stereocenters. The van der Waals surface area contributed by atoms with Gasteiger partial charge in [0.25, 0.3) is 11.5 Å². The van der Waals surface area contributed by atoms with E-state index in [1.807, 2.05) is 0 Å².